The maximum Gasteiger partial charge on any atom is 0.260 e. The molecule has 3 rings (SSSR count). The summed E-state index contributed by atoms with van der Waals surface area (Å²) in [5, 5.41) is 0. The zero-order chi connectivity index (χ0) is 16.2. The van der Waals surface area contributed by atoms with Crippen LogP contribution < -0.4 is 10.5 Å². The molecule has 1 heterocycles. The van der Waals surface area contributed by atoms with E-state index < -0.39 is 0 Å². The van der Waals surface area contributed by atoms with Crippen molar-refractivity contribution in [1.82, 2.24) is 4.90 Å². The minimum atomic E-state index is -0.0350. The molecule has 1 saturated heterocycles. The van der Waals surface area contributed by atoms with Crippen molar-refractivity contribution in [2.75, 3.05) is 19.7 Å². The summed E-state index contributed by atoms with van der Waals surface area (Å²) in [4.78, 5) is 14.2. The van der Waals surface area contributed by atoms with Gasteiger partial charge in [0.1, 0.15) is 5.75 Å². The molecule has 4 nitrogen and oxygen atoms in total. The Morgan fingerprint density at radius 2 is 1.96 bits per heavy atom. The molecule has 1 amide bonds. The van der Waals surface area contributed by atoms with Crippen LogP contribution in [0.15, 0.2) is 59.1 Å². The standard InChI is InChI=1S/C18H19BrN2O2/c19-14-7-4-8-15(9-14)23-12-18(22)21-10-16(17(20)11-21)13-5-2-1-3-6-13/h1-9,16-17H,10-12,20H2/t16-,17+/m0/s1. The molecule has 120 valence electrons. The molecular formula is C18H19BrN2O2. The van der Waals surface area contributed by atoms with Gasteiger partial charge in [0.15, 0.2) is 6.61 Å². The molecule has 1 aliphatic heterocycles. The van der Waals surface area contributed by atoms with Crippen molar-refractivity contribution in [3.63, 3.8) is 0 Å². The smallest absolute Gasteiger partial charge is 0.260 e. The van der Waals surface area contributed by atoms with E-state index >= 15 is 0 Å². The van der Waals surface area contributed by atoms with Gasteiger partial charge in [-0.05, 0) is 23.8 Å². The Balaban J connectivity index is 1.58. The lowest BCUT2D eigenvalue weighted by Crippen LogP contribution is -2.35. The zero-order valence-corrected chi connectivity index (χ0v) is 14.3. The molecule has 23 heavy (non-hydrogen) atoms. The molecule has 2 N–H and O–H groups in total. The van der Waals surface area contributed by atoms with E-state index in [1.807, 2.05) is 42.5 Å². The lowest BCUT2D eigenvalue weighted by Gasteiger charge is -2.17. The molecule has 1 fully saturated rings. The molecule has 5 heteroatoms. The van der Waals surface area contributed by atoms with Gasteiger partial charge in [0, 0.05) is 29.5 Å². The fourth-order valence-corrected chi connectivity index (χ4v) is 3.26. The van der Waals surface area contributed by atoms with Gasteiger partial charge in [-0.3, -0.25) is 4.79 Å². The summed E-state index contributed by atoms with van der Waals surface area (Å²) in [7, 11) is 0. The van der Waals surface area contributed by atoms with Gasteiger partial charge < -0.3 is 15.4 Å². The van der Waals surface area contributed by atoms with Gasteiger partial charge in [0.2, 0.25) is 0 Å². The summed E-state index contributed by atoms with van der Waals surface area (Å²) >= 11 is 3.39. The number of nitrogens with zero attached hydrogens (tertiary/aromatic N) is 1. The Morgan fingerprint density at radius 3 is 2.70 bits per heavy atom. The maximum atomic E-state index is 12.4. The summed E-state index contributed by atoms with van der Waals surface area (Å²) in [6.45, 7) is 1.25. The van der Waals surface area contributed by atoms with Gasteiger partial charge in [0.05, 0.1) is 0 Å². The van der Waals surface area contributed by atoms with Crippen LogP contribution in [0.1, 0.15) is 11.5 Å². The average molecular weight is 375 g/mol. The molecule has 0 radical (unpaired) electrons. The first-order chi connectivity index (χ1) is 11.1. The highest BCUT2D eigenvalue weighted by molar-refractivity contribution is 9.10. The molecule has 0 unspecified atom stereocenters. The molecule has 0 aromatic heterocycles. The van der Waals surface area contributed by atoms with Crippen molar-refractivity contribution in [3.8, 4) is 5.75 Å². The first-order valence-electron chi connectivity index (χ1n) is 7.60. The quantitative estimate of drug-likeness (QED) is 0.894. The summed E-state index contributed by atoms with van der Waals surface area (Å²) in [6.07, 6.45) is 0. The summed E-state index contributed by atoms with van der Waals surface area (Å²) in [5.41, 5.74) is 7.41. The van der Waals surface area contributed by atoms with E-state index in [9.17, 15) is 4.79 Å². The second-order valence-corrected chi connectivity index (χ2v) is 6.64. The van der Waals surface area contributed by atoms with Crippen molar-refractivity contribution in [1.29, 1.82) is 0 Å². The van der Waals surface area contributed by atoms with E-state index in [0.29, 0.717) is 18.8 Å². The Hall–Kier alpha value is -1.85. The number of likely N-dealkylation sites (tertiary alicyclic amines) is 1. The molecule has 2 aromatic rings. The minimum absolute atomic E-state index is 0.0288. The number of ether oxygens (including phenoxy) is 1. The van der Waals surface area contributed by atoms with E-state index in [1.165, 1.54) is 5.56 Å². The number of benzene rings is 2. The van der Waals surface area contributed by atoms with Crippen LogP contribution in [0.3, 0.4) is 0 Å². The summed E-state index contributed by atoms with van der Waals surface area (Å²) in [5.74, 6) is 0.834. The highest BCUT2D eigenvalue weighted by Crippen LogP contribution is 2.26. The molecule has 0 bridgehead atoms. The first-order valence-corrected chi connectivity index (χ1v) is 8.39. The van der Waals surface area contributed by atoms with Gasteiger partial charge in [-0.15, -0.1) is 0 Å². The van der Waals surface area contributed by atoms with Gasteiger partial charge in [0.25, 0.3) is 5.91 Å². The Bertz CT molecular complexity index is 678. The van der Waals surface area contributed by atoms with Crippen LogP contribution in [0.4, 0.5) is 0 Å². The number of carbonyl (C=O) groups is 1. The Kier molecular flexibility index (Phi) is 4.98. The van der Waals surface area contributed by atoms with Gasteiger partial charge in [-0.25, -0.2) is 0 Å². The summed E-state index contributed by atoms with van der Waals surface area (Å²) < 4.78 is 6.50. The van der Waals surface area contributed by atoms with E-state index in [4.69, 9.17) is 10.5 Å². The Morgan fingerprint density at radius 1 is 1.17 bits per heavy atom. The molecule has 0 saturated carbocycles. The third-order valence-corrected chi connectivity index (χ3v) is 4.60. The van der Waals surface area contributed by atoms with Crippen LogP contribution in [0, 0.1) is 0 Å². The molecule has 0 aliphatic carbocycles. The molecule has 2 aromatic carbocycles. The number of rotatable bonds is 4. The highest BCUT2D eigenvalue weighted by atomic mass is 79.9. The fourth-order valence-electron chi connectivity index (χ4n) is 2.88. The van der Waals surface area contributed by atoms with E-state index in [-0.39, 0.29) is 24.5 Å². The SMILES string of the molecule is N[C@@H]1CN(C(=O)COc2cccc(Br)c2)C[C@H]1c1ccccc1. The summed E-state index contributed by atoms with van der Waals surface area (Å²) in [6, 6.07) is 17.6. The lowest BCUT2D eigenvalue weighted by atomic mass is 9.95. The zero-order valence-electron chi connectivity index (χ0n) is 12.7. The normalized spacial score (nSPS) is 20.5. The maximum absolute atomic E-state index is 12.4. The highest BCUT2D eigenvalue weighted by Gasteiger charge is 2.33. The van der Waals surface area contributed by atoms with Gasteiger partial charge in [-0.2, -0.15) is 0 Å². The second kappa shape index (κ2) is 7.15. The number of nitrogens with two attached hydrogens (primary N) is 1. The average Bonchev–Trinajstić information content (AvgIpc) is 2.95. The van der Waals surface area contributed by atoms with Crippen molar-refractivity contribution < 1.29 is 9.53 Å². The minimum Gasteiger partial charge on any atom is -0.484 e. The van der Waals surface area contributed by atoms with Crippen molar-refractivity contribution in [2.24, 2.45) is 5.73 Å². The van der Waals surface area contributed by atoms with Crippen LogP contribution in [0.25, 0.3) is 0 Å². The fraction of sp³-hybridized carbons (Fsp3) is 0.278. The number of hydrogen-bond acceptors (Lipinski definition) is 3. The van der Waals surface area contributed by atoms with E-state index in [1.54, 1.807) is 4.90 Å². The van der Waals surface area contributed by atoms with Gasteiger partial charge in [-0.1, -0.05) is 52.3 Å². The number of amides is 1. The van der Waals surface area contributed by atoms with Crippen LogP contribution >= 0.6 is 15.9 Å². The molecule has 0 spiro atoms. The largest absolute Gasteiger partial charge is 0.484 e. The van der Waals surface area contributed by atoms with E-state index in [0.717, 1.165) is 4.47 Å². The third-order valence-electron chi connectivity index (χ3n) is 4.10. The van der Waals surface area contributed by atoms with Crippen LogP contribution in [0.5, 0.6) is 5.75 Å². The first kappa shape index (κ1) is 16.0. The molecule has 2 atom stereocenters. The van der Waals surface area contributed by atoms with Gasteiger partial charge >= 0.3 is 0 Å². The number of carbonyl (C=O) groups excluding carboxylic acids is 1. The Labute approximate surface area is 144 Å². The van der Waals surface area contributed by atoms with Crippen LogP contribution in [-0.2, 0) is 4.79 Å². The molecular weight excluding hydrogens is 356 g/mol. The predicted molar refractivity (Wildman–Crippen MR) is 93.4 cm³/mol. The third kappa shape index (κ3) is 3.92. The predicted octanol–water partition coefficient (Wildman–Crippen LogP) is 2.78. The monoisotopic (exact) mass is 374 g/mol. The van der Waals surface area contributed by atoms with E-state index in [2.05, 4.69) is 28.1 Å². The van der Waals surface area contributed by atoms with Crippen molar-refractivity contribution >= 4 is 21.8 Å². The van der Waals surface area contributed by atoms with Crippen LogP contribution in [-0.4, -0.2) is 36.5 Å². The second-order valence-electron chi connectivity index (χ2n) is 5.73. The van der Waals surface area contributed by atoms with Crippen LogP contribution in [0.2, 0.25) is 0 Å². The topological polar surface area (TPSA) is 55.6 Å². The van der Waals surface area contributed by atoms with Crippen molar-refractivity contribution in [3.05, 3.63) is 64.6 Å². The number of hydrogen-bond donors (Lipinski definition) is 1. The lowest BCUT2D eigenvalue weighted by molar-refractivity contribution is -0.132. The number of halogens is 1. The molecule has 1 aliphatic rings. The van der Waals surface area contributed by atoms with Crippen molar-refractivity contribution in [2.45, 2.75) is 12.0 Å².